The Labute approximate surface area is 176 Å². The Kier molecular flexibility index (Phi) is 6.00. The van der Waals surface area contributed by atoms with E-state index in [9.17, 15) is 14.9 Å². The number of nitrogens with one attached hydrogen (secondary N) is 1. The molecule has 0 aliphatic rings. The summed E-state index contributed by atoms with van der Waals surface area (Å²) in [5.41, 5.74) is 6.17. The van der Waals surface area contributed by atoms with E-state index >= 15 is 0 Å². The highest BCUT2D eigenvalue weighted by Gasteiger charge is 2.12. The number of carbonyl (C=O) groups excluding carboxylic acids is 1. The van der Waals surface area contributed by atoms with Crippen LogP contribution in [0.3, 0.4) is 0 Å². The number of amides is 1. The summed E-state index contributed by atoms with van der Waals surface area (Å²) in [5, 5.41) is 15.6. The second kappa shape index (κ2) is 8.46. The molecule has 1 N–H and O–H groups in total. The number of aryl methyl sites for hydroxylation is 1. The van der Waals surface area contributed by atoms with Gasteiger partial charge in [0.25, 0.3) is 11.6 Å². The zero-order chi connectivity index (χ0) is 21.1. The highest BCUT2D eigenvalue weighted by atomic mass is 35.5. The van der Waals surface area contributed by atoms with Gasteiger partial charge in [-0.05, 0) is 50.2 Å². The number of benzene rings is 2. The first-order valence-corrected chi connectivity index (χ1v) is 9.25. The molecule has 3 rings (SSSR count). The van der Waals surface area contributed by atoms with Gasteiger partial charge in [-0.1, -0.05) is 23.2 Å². The predicted octanol–water partition coefficient (Wildman–Crippen LogP) is 5.07. The number of nitro benzene ring substituents is 1. The number of nitrogens with zero attached hydrogens (tertiary/aromatic N) is 3. The third-order valence-electron chi connectivity index (χ3n) is 4.34. The molecular formula is C20H16Cl2N4O3. The molecule has 29 heavy (non-hydrogen) atoms. The van der Waals surface area contributed by atoms with Crippen molar-refractivity contribution in [3.8, 4) is 5.69 Å². The number of nitro groups is 1. The van der Waals surface area contributed by atoms with Crippen molar-refractivity contribution in [3.05, 3.63) is 91.2 Å². The molecular weight excluding hydrogens is 415 g/mol. The van der Waals surface area contributed by atoms with E-state index < -0.39 is 10.8 Å². The Balaban J connectivity index is 1.76. The predicted molar refractivity (Wildman–Crippen MR) is 113 cm³/mol. The molecule has 2 aromatic carbocycles. The van der Waals surface area contributed by atoms with Gasteiger partial charge < -0.3 is 4.57 Å². The summed E-state index contributed by atoms with van der Waals surface area (Å²) in [6.07, 6.45) is 1.54. The lowest BCUT2D eigenvalue weighted by molar-refractivity contribution is -0.384. The highest BCUT2D eigenvalue weighted by Crippen LogP contribution is 2.27. The molecule has 148 valence electrons. The SMILES string of the molecule is Cc1cc(/C=N\NC(=O)c2ccc([N+](=O)[O-])cc2)c(C)n1-c1ccc(Cl)c(Cl)c1. The molecule has 0 atom stereocenters. The molecule has 0 saturated carbocycles. The van der Waals surface area contributed by atoms with Crippen LogP contribution in [-0.2, 0) is 0 Å². The van der Waals surface area contributed by atoms with E-state index in [2.05, 4.69) is 10.5 Å². The summed E-state index contributed by atoms with van der Waals surface area (Å²) in [7, 11) is 0. The second-order valence-corrected chi connectivity index (χ2v) is 7.08. The number of hydrazone groups is 1. The van der Waals surface area contributed by atoms with Crippen molar-refractivity contribution in [1.82, 2.24) is 9.99 Å². The maximum Gasteiger partial charge on any atom is 0.271 e. The summed E-state index contributed by atoms with van der Waals surface area (Å²) >= 11 is 12.1. The molecule has 0 aliphatic carbocycles. The first-order chi connectivity index (χ1) is 13.8. The zero-order valence-electron chi connectivity index (χ0n) is 15.5. The number of carbonyl (C=O) groups is 1. The fraction of sp³-hybridized carbons (Fsp3) is 0.100. The van der Waals surface area contributed by atoms with Gasteiger partial charge in [-0.3, -0.25) is 14.9 Å². The molecule has 7 nitrogen and oxygen atoms in total. The van der Waals surface area contributed by atoms with E-state index in [-0.39, 0.29) is 11.3 Å². The minimum atomic E-state index is -0.524. The van der Waals surface area contributed by atoms with Crippen LogP contribution in [0.5, 0.6) is 0 Å². The van der Waals surface area contributed by atoms with E-state index in [1.54, 1.807) is 18.3 Å². The fourth-order valence-electron chi connectivity index (χ4n) is 2.90. The summed E-state index contributed by atoms with van der Waals surface area (Å²) < 4.78 is 2.00. The molecule has 1 heterocycles. The molecule has 0 bridgehead atoms. The van der Waals surface area contributed by atoms with Gasteiger partial charge in [0.15, 0.2) is 0 Å². The molecule has 9 heteroatoms. The maximum atomic E-state index is 12.1. The van der Waals surface area contributed by atoms with Crippen molar-refractivity contribution in [2.24, 2.45) is 5.10 Å². The Hall–Kier alpha value is -3.16. The standard InChI is InChI=1S/C20H16Cl2N4O3/c1-12-9-15(13(2)25(12)17-7-8-18(21)19(22)10-17)11-23-24-20(27)14-3-5-16(6-4-14)26(28)29/h3-11H,1-2H3,(H,24,27)/b23-11-. The normalized spacial score (nSPS) is 11.0. The largest absolute Gasteiger partial charge is 0.318 e. The van der Waals surface area contributed by atoms with Crippen LogP contribution >= 0.6 is 23.2 Å². The van der Waals surface area contributed by atoms with Gasteiger partial charge in [-0.15, -0.1) is 0 Å². The average Bonchev–Trinajstić information content (AvgIpc) is 2.97. The third-order valence-corrected chi connectivity index (χ3v) is 5.08. The second-order valence-electron chi connectivity index (χ2n) is 6.26. The summed E-state index contributed by atoms with van der Waals surface area (Å²) in [6, 6.07) is 12.6. The van der Waals surface area contributed by atoms with E-state index in [0.717, 1.165) is 22.6 Å². The Bertz CT molecular complexity index is 1120. The topological polar surface area (TPSA) is 89.5 Å². The smallest absolute Gasteiger partial charge is 0.271 e. The Morgan fingerprint density at radius 2 is 1.79 bits per heavy atom. The van der Waals surface area contributed by atoms with Crippen LogP contribution in [0.1, 0.15) is 27.3 Å². The lowest BCUT2D eigenvalue weighted by Gasteiger charge is -2.10. The Morgan fingerprint density at radius 1 is 1.10 bits per heavy atom. The van der Waals surface area contributed by atoms with Crippen LogP contribution in [0.2, 0.25) is 10.0 Å². The number of rotatable bonds is 5. The van der Waals surface area contributed by atoms with Gasteiger partial charge in [-0.25, -0.2) is 5.43 Å². The molecule has 0 aliphatic heterocycles. The molecule has 0 spiro atoms. The van der Waals surface area contributed by atoms with Crippen molar-refractivity contribution in [3.63, 3.8) is 0 Å². The first-order valence-electron chi connectivity index (χ1n) is 8.50. The minimum Gasteiger partial charge on any atom is -0.318 e. The highest BCUT2D eigenvalue weighted by molar-refractivity contribution is 6.42. The van der Waals surface area contributed by atoms with E-state index in [0.29, 0.717) is 10.0 Å². The maximum absolute atomic E-state index is 12.1. The number of non-ortho nitro benzene ring substituents is 1. The van der Waals surface area contributed by atoms with Gasteiger partial charge >= 0.3 is 0 Å². The van der Waals surface area contributed by atoms with Crippen LogP contribution < -0.4 is 5.43 Å². The number of hydrogen-bond acceptors (Lipinski definition) is 4. The number of aromatic nitrogens is 1. The van der Waals surface area contributed by atoms with Gasteiger partial charge in [0, 0.05) is 40.3 Å². The van der Waals surface area contributed by atoms with Crippen LogP contribution in [0.4, 0.5) is 5.69 Å². The van der Waals surface area contributed by atoms with Gasteiger partial charge in [0.1, 0.15) is 0 Å². The zero-order valence-corrected chi connectivity index (χ0v) is 17.0. The average molecular weight is 431 g/mol. The summed E-state index contributed by atoms with van der Waals surface area (Å²) in [6.45, 7) is 3.87. The summed E-state index contributed by atoms with van der Waals surface area (Å²) in [4.78, 5) is 22.3. The van der Waals surface area contributed by atoms with Gasteiger partial charge in [0.2, 0.25) is 0 Å². The van der Waals surface area contributed by atoms with Crippen molar-refractivity contribution in [2.75, 3.05) is 0 Å². The Morgan fingerprint density at radius 3 is 2.41 bits per heavy atom. The molecule has 0 radical (unpaired) electrons. The number of hydrogen-bond donors (Lipinski definition) is 1. The van der Waals surface area contributed by atoms with E-state index in [1.165, 1.54) is 24.3 Å². The van der Waals surface area contributed by atoms with Crippen molar-refractivity contribution >= 4 is 41.0 Å². The van der Waals surface area contributed by atoms with Gasteiger partial charge in [-0.2, -0.15) is 5.10 Å². The van der Waals surface area contributed by atoms with Crippen molar-refractivity contribution in [1.29, 1.82) is 0 Å². The molecule has 0 saturated heterocycles. The lowest BCUT2D eigenvalue weighted by Crippen LogP contribution is -2.17. The lowest BCUT2D eigenvalue weighted by atomic mass is 10.2. The minimum absolute atomic E-state index is 0.0835. The van der Waals surface area contributed by atoms with Crippen LogP contribution in [-0.4, -0.2) is 21.6 Å². The monoisotopic (exact) mass is 430 g/mol. The molecule has 1 amide bonds. The van der Waals surface area contributed by atoms with E-state index in [1.807, 2.05) is 30.5 Å². The third kappa shape index (κ3) is 4.47. The van der Waals surface area contributed by atoms with Crippen molar-refractivity contribution < 1.29 is 9.72 Å². The van der Waals surface area contributed by atoms with E-state index in [4.69, 9.17) is 23.2 Å². The molecule has 3 aromatic rings. The fourth-order valence-corrected chi connectivity index (χ4v) is 3.19. The van der Waals surface area contributed by atoms with Gasteiger partial charge in [0.05, 0.1) is 21.2 Å². The molecule has 1 aromatic heterocycles. The van der Waals surface area contributed by atoms with Crippen LogP contribution in [0.15, 0.2) is 53.6 Å². The molecule has 0 fully saturated rings. The first kappa shape index (κ1) is 20.6. The van der Waals surface area contributed by atoms with Crippen LogP contribution in [0, 0.1) is 24.0 Å². The number of halogens is 2. The quantitative estimate of drug-likeness (QED) is 0.347. The summed E-state index contributed by atoms with van der Waals surface area (Å²) in [5.74, 6) is -0.463. The van der Waals surface area contributed by atoms with Crippen LogP contribution in [0.25, 0.3) is 5.69 Å². The van der Waals surface area contributed by atoms with Crippen molar-refractivity contribution in [2.45, 2.75) is 13.8 Å². The molecule has 0 unspecified atom stereocenters.